The molecular weight excluding hydrogens is 440 g/mol. The van der Waals surface area contributed by atoms with Gasteiger partial charge in [-0.05, 0) is 50.1 Å². The molecular formula is C23H26N6O3S. The highest BCUT2D eigenvalue weighted by atomic mass is 32.2. The second kappa shape index (κ2) is 9.95. The van der Waals surface area contributed by atoms with Crippen LogP contribution in [0, 0.1) is 13.8 Å². The minimum atomic E-state index is 0.195. The van der Waals surface area contributed by atoms with Crippen molar-refractivity contribution in [3.63, 3.8) is 0 Å². The molecule has 4 rings (SSSR count). The Labute approximate surface area is 196 Å². The Balaban J connectivity index is 1.68. The molecule has 0 fully saturated rings. The van der Waals surface area contributed by atoms with E-state index in [2.05, 4.69) is 31.8 Å². The van der Waals surface area contributed by atoms with Gasteiger partial charge in [0.15, 0.2) is 5.76 Å². The predicted octanol–water partition coefficient (Wildman–Crippen LogP) is 4.64. The highest BCUT2D eigenvalue weighted by Gasteiger charge is 2.24. The lowest BCUT2D eigenvalue weighted by atomic mass is 10.2. The molecule has 0 saturated carbocycles. The molecule has 0 amide bonds. The normalized spacial score (nSPS) is 11.9. The van der Waals surface area contributed by atoms with Gasteiger partial charge in [-0.2, -0.15) is 0 Å². The van der Waals surface area contributed by atoms with Crippen molar-refractivity contribution in [2.24, 2.45) is 0 Å². The maximum absolute atomic E-state index is 5.85. The van der Waals surface area contributed by atoms with Crippen molar-refractivity contribution < 1.29 is 13.9 Å². The van der Waals surface area contributed by atoms with Crippen LogP contribution in [0.3, 0.4) is 0 Å². The first kappa shape index (κ1) is 22.7. The van der Waals surface area contributed by atoms with Gasteiger partial charge in [0, 0.05) is 24.1 Å². The van der Waals surface area contributed by atoms with Crippen LogP contribution in [0.25, 0.3) is 17.3 Å². The number of nitrogens with one attached hydrogen (secondary N) is 1. The van der Waals surface area contributed by atoms with Gasteiger partial charge in [-0.25, -0.2) is 0 Å². The van der Waals surface area contributed by atoms with Crippen LogP contribution in [0.4, 0.5) is 5.95 Å². The Morgan fingerprint density at radius 2 is 1.79 bits per heavy atom. The second-order valence-corrected chi connectivity index (χ2v) is 8.73. The number of aryl methyl sites for hydroxylation is 2. The highest BCUT2D eigenvalue weighted by molar-refractivity contribution is 8.01. The summed E-state index contributed by atoms with van der Waals surface area (Å²) in [6.07, 6.45) is 4.34. The minimum Gasteiger partial charge on any atom is -0.494 e. The summed E-state index contributed by atoms with van der Waals surface area (Å²) in [4.78, 5) is 8.77. The van der Waals surface area contributed by atoms with Gasteiger partial charge in [-0.3, -0.25) is 19.3 Å². The van der Waals surface area contributed by atoms with Gasteiger partial charge in [0.1, 0.15) is 22.9 Å². The van der Waals surface area contributed by atoms with Gasteiger partial charge in [0.05, 0.1) is 25.6 Å². The molecule has 172 valence electrons. The number of anilines is 1. The summed E-state index contributed by atoms with van der Waals surface area (Å²) in [6, 6.07) is 9.36. The topological polar surface area (TPSA) is 100 Å². The Hall–Kier alpha value is -3.53. The number of aromatic nitrogens is 5. The molecule has 4 aromatic rings. The fraction of sp³-hybridized carbons (Fsp3) is 0.304. The smallest absolute Gasteiger partial charge is 0.239 e. The summed E-state index contributed by atoms with van der Waals surface area (Å²) in [6.45, 7) is 5.92. The number of benzene rings is 1. The van der Waals surface area contributed by atoms with Crippen LogP contribution in [0.15, 0.2) is 47.1 Å². The minimum absolute atomic E-state index is 0.195. The number of furan rings is 1. The van der Waals surface area contributed by atoms with Crippen LogP contribution >= 0.6 is 11.9 Å². The van der Waals surface area contributed by atoms with Gasteiger partial charge < -0.3 is 13.9 Å². The van der Waals surface area contributed by atoms with Crippen LogP contribution in [0.2, 0.25) is 0 Å². The first-order valence-corrected chi connectivity index (χ1v) is 11.3. The molecule has 3 aromatic heterocycles. The zero-order chi connectivity index (χ0) is 23.4. The fourth-order valence-electron chi connectivity index (χ4n) is 3.34. The molecule has 0 saturated heterocycles. The van der Waals surface area contributed by atoms with E-state index in [1.54, 1.807) is 20.4 Å². The SMILES string of the molecule is COc1cccc(OC)c1-n1c(NSC(C)Cc2cnc(C)cn2)nnc1-c1ccc(C)o1. The van der Waals surface area contributed by atoms with Gasteiger partial charge >= 0.3 is 0 Å². The maximum atomic E-state index is 5.85. The zero-order valence-corrected chi connectivity index (χ0v) is 20.0. The second-order valence-electron chi connectivity index (χ2n) is 7.49. The fourth-order valence-corrected chi connectivity index (χ4v) is 4.04. The third kappa shape index (κ3) is 4.95. The highest BCUT2D eigenvalue weighted by Crippen LogP contribution is 2.38. The van der Waals surface area contributed by atoms with E-state index in [1.807, 2.05) is 54.9 Å². The average molecular weight is 467 g/mol. The lowest BCUT2D eigenvalue weighted by Crippen LogP contribution is -2.10. The van der Waals surface area contributed by atoms with E-state index in [9.17, 15) is 0 Å². The van der Waals surface area contributed by atoms with E-state index in [4.69, 9.17) is 13.9 Å². The summed E-state index contributed by atoms with van der Waals surface area (Å²) < 4.78 is 22.3. The van der Waals surface area contributed by atoms with Crippen molar-refractivity contribution in [1.82, 2.24) is 24.7 Å². The Kier molecular flexibility index (Phi) is 6.83. The van der Waals surface area contributed by atoms with E-state index in [1.165, 1.54) is 11.9 Å². The van der Waals surface area contributed by atoms with Gasteiger partial charge in [-0.15, -0.1) is 10.2 Å². The molecule has 1 aromatic carbocycles. The van der Waals surface area contributed by atoms with Crippen LogP contribution in [-0.4, -0.2) is 44.2 Å². The van der Waals surface area contributed by atoms with E-state index in [0.717, 1.165) is 23.6 Å². The molecule has 0 aliphatic rings. The summed E-state index contributed by atoms with van der Waals surface area (Å²) in [7, 11) is 3.23. The first-order chi connectivity index (χ1) is 16.0. The molecule has 9 nitrogen and oxygen atoms in total. The predicted molar refractivity (Wildman–Crippen MR) is 128 cm³/mol. The summed E-state index contributed by atoms with van der Waals surface area (Å²) in [5.74, 6) is 3.67. The molecule has 10 heteroatoms. The van der Waals surface area contributed by atoms with E-state index in [0.29, 0.717) is 34.7 Å². The molecule has 0 aliphatic heterocycles. The maximum Gasteiger partial charge on any atom is 0.239 e. The Morgan fingerprint density at radius 3 is 2.39 bits per heavy atom. The van der Waals surface area contributed by atoms with E-state index >= 15 is 0 Å². The Morgan fingerprint density at radius 1 is 1.03 bits per heavy atom. The molecule has 33 heavy (non-hydrogen) atoms. The number of hydrogen-bond acceptors (Lipinski definition) is 9. The molecule has 3 heterocycles. The monoisotopic (exact) mass is 466 g/mol. The Bertz CT molecular complexity index is 1200. The number of para-hydroxylation sites is 1. The first-order valence-electron chi connectivity index (χ1n) is 10.4. The van der Waals surface area contributed by atoms with E-state index < -0.39 is 0 Å². The quantitative estimate of drug-likeness (QED) is 0.353. The van der Waals surface area contributed by atoms with Gasteiger partial charge in [-0.1, -0.05) is 13.0 Å². The van der Waals surface area contributed by atoms with Crippen LogP contribution in [0.5, 0.6) is 11.5 Å². The largest absolute Gasteiger partial charge is 0.494 e. The van der Waals surface area contributed by atoms with Crippen molar-refractivity contribution in [1.29, 1.82) is 0 Å². The average Bonchev–Trinajstić information content (AvgIpc) is 3.44. The van der Waals surface area contributed by atoms with Gasteiger partial charge in [0.25, 0.3) is 0 Å². The van der Waals surface area contributed by atoms with E-state index in [-0.39, 0.29) is 5.25 Å². The molecule has 1 N–H and O–H groups in total. The number of nitrogens with zero attached hydrogens (tertiary/aromatic N) is 5. The number of ether oxygens (including phenoxy) is 2. The van der Waals surface area contributed by atoms with Crippen molar-refractivity contribution in [2.45, 2.75) is 32.4 Å². The molecule has 0 aliphatic carbocycles. The number of rotatable bonds is 9. The van der Waals surface area contributed by atoms with Crippen molar-refractivity contribution in [3.8, 4) is 28.8 Å². The molecule has 1 atom stereocenters. The lowest BCUT2D eigenvalue weighted by Gasteiger charge is -2.18. The van der Waals surface area contributed by atoms with Crippen LogP contribution in [0.1, 0.15) is 24.1 Å². The summed E-state index contributed by atoms with van der Waals surface area (Å²) in [5, 5.41) is 9.01. The number of hydrogen-bond donors (Lipinski definition) is 1. The third-order valence-electron chi connectivity index (χ3n) is 4.93. The summed E-state index contributed by atoms with van der Waals surface area (Å²) in [5.41, 5.74) is 2.51. The van der Waals surface area contributed by atoms with Gasteiger partial charge in [0.2, 0.25) is 11.8 Å². The summed E-state index contributed by atoms with van der Waals surface area (Å²) >= 11 is 1.52. The van der Waals surface area contributed by atoms with Crippen LogP contribution in [-0.2, 0) is 6.42 Å². The molecule has 0 radical (unpaired) electrons. The molecule has 0 bridgehead atoms. The molecule has 1 unspecified atom stereocenters. The third-order valence-corrected chi connectivity index (χ3v) is 5.80. The number of methoxy groups -OCH3 is 2. The zero-order valence-electron chi connectivity index (χ0n) is 19.2. The van der Waals surface area contributed by atoms with Crippen LogP contribution < -0.4 is 14.2 Å². The van der Waals surface area contributed by atoms with Crippen molar-refractivity contribution in [3.05, 3.63) is 59.9 Å². The van der Waals surface area contributed by atoms with Crippen molar-refractivity contribution in [2.75, 3.05) is 18.9 Å². The standard InChI is InChI=1S/C23H26N6O3S/c1-14-12-25-17(13-24-14)11-16(3)33-28-23-27-26-22(20-10-9-15(2)32-20)29(23)21-18(30-4)7-6-8-19(21)31-5/h6-10,12-13,16H,11H2,1-5H3,(H,27,28). The van der Waals surface area contributed by atoms with Crippen molar-refractivity contribution >= 4 is 17.9 Å². The molecule has 0 spiro atoms. The lowest BCUT2D eigenvalue weighted by molar-refractivity contribution is 0.391.